The number of nitrogens with zero attached hydrogens (tertiary/aromatic N) is 2. The van der Waals surface area contributed by atoms with Crippen molar-refractivity contribution in [2.24, 2.45) is 5.10 Å². The first-order chi connectivity index (χ1) is 14.5. The second-order valence-corrected chi connectivity index (χ2v) is 7.72. The van der Waals surface area contributed by atoms with Gasteiger partial charge in [0.05, 0.1) is 17.7 Å². The molecule has 0 radical (unpaired) electrons. The molecule has 160 valence electrons. The SMILES string of the molecule is CCCCCCCCOc1ccc(Br)cc1C=NNC(=O)c1ccc([N+](=O)[O-])cc1. The van der Waals surface area contributed by atoms with Crippen LogP contribution in [0.5, 0.6) is 5.75 Å². The molecule has 0 saturated carbocycles. The minimum atomic E-state index is -0.514. The van der Waals surface area contributed by atoms with Crippen LogP contribution in [0, 0.1) is 10.1 Å². The van der Waals surface area contributed by atoms with Crippen molar-refractivity contribution in [3.05, 3.63) is 68.2 Å². The Balaban J connectivity index is 1.90. The number of non-ortho nitro benzene ring substituents is 1. The molecule has 0 fully saturated rings. The molecule has 0 heterocycles. The molecule has 0 aliphatic heterocycles. The smallest absolute Gasteiger partial charge is 0.271 e. The van der Waals surface area contributed by atoms with E-state index >= 15 is 0 Å². The first kappa shape index (κ1) is 23.5. The highest BCUT2D eigenvalue weighted by Gasteiger charge is 2.09. The zero-order valence-corrected chi connectivity index (χ0v) is 18.6. The van der Waals surface area contributed by atoms with Gasteiger partial charge in [-0.2, -0.15) is 5.10 Å². The third kappa shape index (κ3) is 7.94. The Bertz CT molecular complexity index is 869. The Kier molecular flexibility index (Phi) is 10.00. The number of nitro groups is 1. The number of amides is 1. The number of nitro benzene ring substituents is 1. The summed E-state index contributed by atoms with van der Waals surface area (Å²) in [6, 6.07) is 10.9. The Labute approximate surface area is 184 Å². The van der Waals surface area contributed by atoms with Gasteiger partial charge in [-0.05, 0) is 36.8 Å². The maximum Gasteiger partial charge on any atom is 0.271 e. The van der Waals surface area contributed by atoms with Gasteiger partial charge in [0.15, 0.2) is 0 Å². The van der Waals surface area contributed by atoms with Crippen LogP contribution in [0.4, 0.5) is 5.69 Å². The number of benzene rings is 2. The van der Waals surface area contributed by atoms with E-state index in [-0.39, 0.29) is 11.3 Å². The van der Waals surface area contributed by atoms with Gasteiger partial charge in [-0.3, -0.25) is 14.9 Å². The summed E-state index contributed by atoms with van der Waals surface area (Å²) >= 11 is 3.43. The van der Waals surface area contributed by atoms with Gasteiger partial charge in [0.2, 0.25) is 0 Å². The molecule has 0 aliphatic rings. The summed E-state index contributed by atoms with van der Waals surface area (Å²) in [5.41, 5.74) is 3.38. The molecule has 0 aromatic heterocycles. The van der Waals surface area contributed by atoms with E-state index < -0.39 is 10.8 Å². The number of hydrogen-bond donors (Lipinski definition) is 1. The lowest BCUT2D eigenvalue weighted by molar-refractivity contribution is -0.384. The number of carbonyl (C=O) groups excluding carboxylic acids is 1. The Morgan fingerprint density at radius 2 is 1.83 bits per heavy atom. The fraction of sp³-hybridized carbons (Fsp3) is 0.364. The van der Waals surface area contributed by atoms with Gasteiger partial charge in [-0.25, -0.2) is 5.43 Å². The monoisotopic (exact) mass is 475 g/mol. The number of ether oxygens (including phenoxy) is 1. The summed E-state index contributed by atoms with van der Waals surface area (Å²) in [6.45, 7) is 2.83. The van der Waals surface area contributed by atoms with Crippen LogP contribution >= 0.6 is 15.9 Å². The Hall–Kier alpha value is -2.74. The van der Waals surface area contributed by atoms with Crippen molar-refractivity contribution >= 4 is 33.7 Å². The quantitative estimate of drug-likeness (QED) is 0.180. The lowest BCUT2D eigenvalue weighted by atomic mass is 10.1. The number of rotatable bonds is 12. The van der Waals surface area contributed by atoms with Crippen molar-refractivity contribution in [1.29, 1.82) is 0 Å². The lowest BCUT2D eigenvalue weighted by Gasteiger charge is -2.09. The number of halogens is 1. The minimum Gasteiger partial charge on any atom is -0.493 e. The van der Waals surface area contributed by atoms with E-state index in [1.165, 1.54) is 56.2 Å². The van der Waals surface area contributed by atoms with E-state index in [1.807, 2.05) is 18.2 Å². The van der Waals surface area contributed by atoms with E-state index in [0.29, 0.717) is 12.4 Å². The maximum absolute atomic E-state index is 12.2. The van der Waals surface area contributed by atoms with Crippen molar-refractivity contribution in [3.8, 4) is 5.75 Å². The fourth-order valence-electron chi connectivity index (χ4n) is 2.78. The summed E-state index contributed by atoms with van der Waals surface area (Å²) in [5, 5.41) is 14.7. The topological polar surface area (TPSA) is 93.8 Å². The van der Waals surface area contributed by atoms with E-state index in [2.05, 4.69) is 33.4 Å². The maximum atomic E-state index is 12.2. The second kappa shape index (κ2) is 12.7. The molecule has 2 aromatic rings. The van der Waals surface area contributed by atoms with Crippen LogP contribution in [0.25, 0.3) is 0 Å². The predicted molar refractivity (Wildman–Crippen MR) is 121 cm³/mol. The van der Waals surface area contributed by atoms with Gasteiger partial charge in [-0.15, -0.1) is 0 Å². The van der Waals surface area contributed by atoms with Crippen LogP contribution < -0.4 is 10.2 Å². The highest BCUT2D eigenvalue weighted by Crippen LogP contribution is 2.22. The van der Waals surface area contributed by atoms with Crippen LogP contribution in [0.2, 0.25) is 0 Å². The van der Waals surface area contributed by atoms with Gasteiger partial charge in [0.1, 0.15) is 5.75 Å². The van der Waals surface area contributed by atoms with Crippen molar-refractivity contribution in [2.45, 2.75) is 45.4 Å². The number of unbranched alkanes of at least 4 members (excludes halogenated alkanes) is 5. The average molecular weight is 476 g/mol. The Morgan fingerprint density at radius 3 is 2.53 bits per heavy atom. The van der Waals surface area contributed by atoms with Crippen molar-refractivity contribution < 1.29 is 14.5 Å². The molecule has 2 rings (SSSR count). The minimum absolute atomic E-state index is 0.0728. The molecule has 0 bridgehead atoms. The van der Waals surface area contributed by atoms with E-state index in [1.54, 1.807) is 0 Å². The van der Waals surface area contributed by atoms with Gasteiger partial charge in [0, 0.05) is 27.7 Å². The first-order valence-electron chi connectivity index (χ1n) is 10.0. The molecule has 0 aliphatic carbocycles. The van der Waals surface area contributed by atoms with Crippen molar-refractivity contribution in [2.75, 3.05) is 6.61 Å². The molecule has 8 heteroatoms. The molecular formula is C22H26BrN3O4. The molecule has 0 unspecified atom stereocenters. The standard InChI is InChI=1S/C22H26BrN3O4/c1-2-3-4-5-6-7-14-30-21-13-10-19(23)15-18(21)16-24-25-22(27)17-8-11-20(12-9-17)26(28)29/h8-13,15-16H,2-7,14H2,1H3,(H,25,27). The van der Waals surface area contributed by atoms with Gasteiger partial charge < -0.3 is 4.74 Å². The van der Waals surface area contributed by atoms with Gasteiger partial charge in [0.25, 0.3) is 11.6 Å². The second-order valence-electron chi connectivity index (χ2n) is 6.80. The molecular weight excluding hydrogens is 450 g/mol. The molecule has 2 aromatic carbocycles. The highest BCUT2D eigenvalue weighted by atomic mass is 79.9. The molecule has 0 spiro atoms. The van der Waals surface area contributed by atoms with Crippen LogP contribution in [-0.2, 0) is 0 Å². The van der Waals surface area contributed by atoms with Crippen LogP contribution in [-0.4, -0.2) is 23.7 Å². The third-order valence-electron chi connectivity index (χ3n) is 4.44. The first-order valence-corrected chi connectivity index (χ1v) is 10.8. The summed E-state index contributed by atoms with van der Waals surface area (Å²) in [6.07, 6.45) is 8.66. The summed E-state index contributed by atoms with van der Waals surface area (Å²) in [7, 11) is 0. The van der Waals surface area contributed by atoms with Gasteiger partial charge >= 0.3 is 0 Å². The zero-order chi connectivity index (χ0) is 21.8. The van der Waals surface area contributed by atoms with Gasteiger partial charge in [-0.1, -0.05) is 55.0 Å². The van der Waals surface area contributed by atoms with E-state index in [4.69, 9.17) is 4.74 Å². The summed E-state index contributed by atoms with van der Waals surface area (Å²) in [5.74, 6) is 0.241. The highest BCUT2D eigenvalue weighted by molar-refractivity contribution is 9.10. The van der Waals surface area contributed by atoms with E-state index in [0.717, 1.165) is 22.9 Å². The molecule has 0 saturated heterocycles. The van der Waals surface area contributed by atoms with Crippen molar-refractivity contribution in [3.63, 3.8) is 0 Å². The third-order valence-corrected chi connectivity index (χ3v) is 4.93. The molecule has 7 nitrogen and oxygen atoms in total. The summed E-state index contributed by atoms with van der Waals surface area (Å²) in [4.78, 5) is 22.3. The fourth-order valence-corrected chi connectivity index (χ4v) is 3.15. The number of carbonyl (C=O) groups is 1. The largest absolute Gasteiger partial charge is 0.493 e. The zero-order valence-electron chi connectivity index (χ0n) is 17.0. The number of hydrogen-bond acceptors (Lipinski definition) is 5. The number of hydrazone groups is 1. The number of nitrogens with one attached hydrogen (secondary N) is 1. The molecule has 1 amide bonds. The average Bonchev–Trinajstić information content (AvgIpc) is 2.74. The van der Waals surface area contributed by atoms with Crippen LogP contribution in [0.15, 0.2) is 52.0 Å². The van der Waals surface area contributed by atoms with Crippen LogP contribution in [0.3, 0.4) is 0 Å². The predicted octanol–water partition coefficient (Wildman–Crippen LogP) is 5.86. The Morgan fingerprint density at radius 1 is 1.13 bits per heavy atom. The van der Waals surface area contributed by atoms with Crippen molar-refractivity contribution in [1.82, 2.24) is 5.43 Å². The molecule has 30 heavy (non-hydrogen) atoms. The lowest BCUT2D eigenvalue weighted by Crippen LogP contribution is -2.17. The van der Waals surface area contributed by atoms with Crippen LogP contribution in [0.1, 0.15) is 61.4 Å². The van der Waals surface area contributed by atoms with E-state index in [9.17, 15) is 14.9 Å². The molecule has 0 atom stereocenters. The molecule has 1 N–H and O–H groups in total. The summed E-state index contributed by atoms with van der Waals surface area (Å²) < 4.78 is 6.76. The normalized spacial score (nSPS) is 10.9.